The number of thioether (sulfide) groups is 1. The van der Waals surface area contributed by atoms with Crippen molar-refractivity contribution < 1.29 is 9.59 Å². The van der Waals surface area contributed by atoms with E-state index in [9.17, 15) is 9.59 Å². The van der Waals surface area contributed by atoms with Gasteiger partial charge in [0.05, 0.1) is 17.4 Å². The zero-order chi connectivity index (χ0) is 18.9. The summed E-state index contributed by atoms with van der Waals surface area (Å²) in [5.41, 5.74) is 1.74. The van der Waals surface area contributed by atoms with Crippen molar-refractivity contribution in [3.8, 4) is 6.07 Å². The summed E-state index contributed by atoms with van der Waals surface area (Å²) >= 11 is 1.33. The molecule has 26 heavy (non-hydrogen) atoms. The number of nitriles is 1. The minimum atomic E-state index is -0.242. The van der Waals surface area contributed by atoms with Crippen LogP contribution in [0.2, 0.25) is 0 Å². The normalized spacial score (nSPS) is 10.0. The molecule has 0 spiro atoms. The second-order valence-electron chi connectivity index (χ2n) is 5.45. The predicted molar refractivity (Wildman–Crippen MR) is 104 cm³/mol. The van der Waals surface area contributed by atoms with Crippen LogP contribution in [0.3, 0.4) is 0 Å². The van der Waals surface area contributed by atoms with Gasteiger partial charge in [-0.05, 0) is 50.2 Å². The Morgan fingerprint density at radius 2 is 1.73 bits per heavy atom. The van der Waals surface area contributed by atoms with Gasteiger partial charge < -0.3 is 10.2 Å². The monoisotopic (exact) mass is 367 g/mol. The summed E-state index contributed by atoms with van der Waals surface area (Å²) in [6.07, 6.45) is 0. The molecule has 0 aliphatic heterocycles. The first-order valence-corrected chi connectivity index (χ1v) is 9.38. The number of carbonyl (C=O) groups excluding carboxylic acids is 2. The molecule has 2 aromatic carbocycles. The summed E-state index contributed by atoms with van der Waals surface area (Å²) in [6.45, 7) is 5.20. The van der Waals surface area contributed by atoms with Crippen LogP contribution in [0.15, 0.2) is 53.4 Å². The van der Waals surface area contributed by atoms with E-state index in [4.69, 9.17) is 5.26 Å². The number of amides is 2. The summed E-state index contributed by atoms with van der Waals surface area (Å²) in [6, 6.07) is 16.1. The van der Waals surface area contributed by atoms with Crippen LogP contribution in [0.25, 0.3) is 0 Å². The molecule has 5 nitrogen and oxygen atoms in total. The van der Waals surface area contributed by atoms with E-state index in [1.54, 1.807) is 41.3 Å². The van der Waals surface area contributed by atoms with Crippen LogP contribution < -0.4 is 5.32 Å². The second-order valence-corrected chi connectivity index (χ2v) is 6.47. The Balaban J connectivity index is 2.11. The lowest BCUT2D eigenvalue weighted by Gasteiger charge is -2.18. The van der Waals surface area contributed by atoms with Crippen LogP contribution in [0.4, 0.5) is 5.69 Å². The smallest absolute Gasteiger partial charge is 0.256 e. The molecule has 2 amide bonds. The molecular weight excluding hydrogens is 346 g/mol. The van der Waals surface area contributed by atoms with Gasteiger partial charge in [-0.3, -0.25) is 9.59 Å². The Morgan fingerprint density at radius 3 is 2.35 bits per heavy atom. The van der Waals surface area contributed by atoms with Gasteiger partial charge in [0.15, 0.2) is 0 Å². The molecule has 6 heteroatoms. The highest BCUT2D eigenvalue weighted by molar-refractivity contribution is 7.99. The number of nitrogens with zero attached hydrogens (tertiary/aromatic N) is 2. The van der Waals surface area contributed by atoms with Crippen LogP contribution in [0.1, 0.15) is 34.6 Å². The van der Waals surface area contributed by atoms with Gasteiger partial charge in [0, 0.05) is 29.2 Å². The molecule has 2 rings (SSSR count). The zero-order valence-corrected chi connectivity index (χ0v) is 15.7. The van der Waals surface area contributed by atoms with E-state index in [2.05, 4.69) is 11.4 Å². The fourth-order valence-electron chi connectivity index (χ4n) is 2.48. The van der Waals surface area contributed by atoms with Gasteiger partial charge in [-0.25, -0.2) is 0 Å². The van der Waals surface area contributed by atoms with Gasteiger partial charge in [0.2, 0.25) is 0 Å². The fourth-order valence-corrected chi connectivity index (χ4v) is 3.19. The van der Waals surface area contributed by atoms with Crippen LogP contribution in [-0.2, 0) is 0 Å². The number of hydrogen-bond acceptors (Lipinski definition) is 4. The Bertz CT molecular complexity index is 809. The summed E-state index contributed by atoms with van der Waals surface area (Å²) in [4.78, 5) is 27.4. The number of nitrogens with one attached hydrogen (secondary N) is 1. The van der Waals surface area contributed by atoms with E-state index in [1.165, 1.54) is 11.8 Å². The van der Waals surface area contributed by atoms with Gasteiger partial charge in [0.25, 0.3) is 11.8 Å². The second kappa shape index (κ2) is 9.64. The van der Waals surface area contributed by atoms with Crippen LogP contribution in [0, 0.1) is 11.3 Å². The van der Waals surface area contributed by atoms with E-state index in [1.807, 2.05) is 26.0 Å². The largest absolute Gasteiger partial charge is 0.339 e. The molecule has 0 aliphatic carbocycles. The minimum Gasteiger partial charge on any atom is -0.339 e. The van der Waals surface area contributed by atoms with Crippen molar-refractivity contribution in [1.82, 2.24) is 4.90 Å². The van der Waals surface area contributed by atoms with Gasteiger partial charge in [-0.15, -0.1) is 11.8 Å². The maximum atomic E-state index is 12.5. The molecule has 0 fully saturated rings. The van der Waals surface area contributed by atoms with Crippen molar-refractivity contribution in [3.05, 3.63) is 59.7 Å². The molecule has 1 N–H and O–H groups in total. The van der Waals surface area contributed by atoms with Crippen molar-refractivity contribution >= 4 is 29.3 Å². The molecule has 0 heterocycles. The van der Waals surface area contributed by atoms with E-state index < -0.39 is 0 Å². The first kappa shape index (κ1) is 19.5. The molecular formula is C20H21N3O2S. The standard InChI is InChI=1S/C20H21N3O2S/c1-3-23(4-2)20(25)15-9-11-16(12-10-15)22-19(24)17-7-5-6-8-18(17)26-14-13-21/h5-12H,3-4,14H2,1-2H3,(H,22,24). The van der Waals surface area contributed by atoms with Gasteiger partial charge in [-0.1, -0.05) is 12.1 Å². The van der Waals surface area contributed by atoms with Crippen molar-refractivity contribution in [3.63, 3.8) is 0 Å². The van der Waals surface area contributed by atoms with E-state index >= 15 is 0 Å². The van der Waals surface area contributed by atoms with Crippen molar-refractivity contribution in [2.75, 3.05) is 24.2 Å². The van der Waals surface area contributed by atoms with Gasteiger partial charge >= 0.3 is 0 Å². The molecule has 0 saturated carbocycles. The average Bonchev–Trinajstić information content (AvgIpc) is 2.68. The highest BCUT2D eigenvalue weighted by atomic mass is 32.2. The lowest BCUT2D eigenvalue weighted by atomic mass is 10.1. The third-order valence-electron chi connectivity index (χ3n) is 3.86. The Kier molecular flexibility index (Phi) is 7.24. The topological polar surface area (TPSA) is 73.2 Å². The van der Waals surface area contributed by atoms with Crippen molar-refractivity contribution in [1.29, 1.82) is 5.26 Å². The highest BCUT2D eigenvalue weighted by Gasteiger charge is 2.14. The van der Waals surface area contributed by atoms with Crippen molar-refractivity contribution in [2.24, 2.45) is 0 Å². The maximum Gasteiger partial charge on any atom is 0.256 e. The van der Waals surface area contributed by atoms with Crippen LogP contribution >= 0.6 is 11.8 Å². The van der Waals surface area contributed by atoms with E-state index in [0.29, 0.717) is 29.9 Å². The number of rotatable bonds is 7. The predicted octanol–water partition coefficient (Wildman–Crippen LogP) is 4.04. The van der Waals surface area contributed by atoms with E-state index in [-0.39, 0.29) is 17.6 Å². The van der Waals surface area contributed by atoms with Crippen molar-refractivity contribution in [2.45, 2.75) is 18.7 Å². The molecule has 0 atom stereocenters. The molecule has 0 unspecified atom stereocenters. The Labute approximate surface area is 158 Å². The Morgan fingerprint density at radius 1 is 1.08 bits per heavy atom. The molecule has 0 aliphatic rings. The molecule has 134 valence electrons. The quantitative estimate of drug-likeness (QED) is 0.750. The third-order valence-corrected chi connectivity index (χ3v) is 4.80. The molecule has 0 bridgehead atoms. The van der Waals surface area contributed by atoms with Gasteiger partial charge in [0.1, 0.15) is 0 Å². The Hall–Kier alpha value is -2.78. The summed E-state index contributed by atoms with van der Waals surface area (Å²) < 4.78 is 0. The van der Waals surface area contributed by atoms with Crippen LogP contribution in [-0.4, -0.2) is 35.6 Å². The minimum absolute atomic E-state index is 0.0221. The number of anilines is 1. The first-order chi connectivity index (χ1) is 12.6. The lowest BCUT2D eigenvalue weighted by molar-refractivity contribution is 0.0773. The van der Waals surface area contributed by atoms with E-state index in [0.717, 1.165) is 4.90 Å². The SMILES string of the molecule is CCN(CC)C(=O)c1ccc(NC(=O)c2ccccc2SCC#N)cc1. The third kappa shape index (κ3) is 4.87. The molecule has 0 radical (unpaired) electrons. The first-order valence-electron chi connectivity index (χ1n) is 8.40. The lowest BCUT2D eigenvalue weighted by Crippen LogP contribution is -2.30. The average molecular weight is 367 g/mol. The maximum absolute atomic E-state index is 12.5. The molecule has 0 aromatic heterocycles. The number of carbonyl (C=O) groups is 2. The molecule has 0 saturated heterocycles. The summed E-state index contributed by atoms with van der Waals surface area (Å²) in [7, 11) is 0. The zero-order valence-electron chi connectivity index (χ0n) is 14.9. The molecule has 2 aromatic rings. The number of hydrogen-bond donors (Lipinski definition) is 1. The summed E-state index contributed by atoms with van der Waals surface area (Å²) in [5, 5.41) is 11.6. The summed E-state index contributed by atoms with van der Waals surface area (Å²) in [5.74, 6) is 0.0203. The highest BCUT2D eigenvalue weighted by Crippen LogP contribution is 2.23. The fraction of sp³-hybridized carbons (Fsp3) is 0.250. The number of benzene rings is 2. The van der Waals surface area contributed by atoms with Gasteiger partial charge in [-0.2, -0.15) is 5.26 Å². The van der Waals surface area contributed by atoms with Crippen LogP contribution in [0.5, 0.6) is 0 Å².